The minimum Gasteiger partial charge on any atom is -0.359 e. The fourth-order valence-electron chi connectivity index (χ4n) is 2.44. The van der Waals surface area contributed by atoms with Gasteiger partial charge in [-0.05, 0) is 32.1 Å². The third kappa shape index (κ3) is 5.34. The van der Waals surface area contributed by atoms with Crippen LogP contribution in [-0.4, -0.2) is 60.2 Å². The standard InChI is InChI=1S/C17H25N5O2/c1-13(11-21(2)3)10-19-17(23)22(4)12-15-9-16(20-24-15)14-5-7-18-8-6-14/h5-9,13H,10-12H2,1-4H3,(H,19,23). The molecule has 1 unspecified atom stereocenters. The molecule has 2 heterocycles. The van der Waals surface area contributed by atoms with Crippen LogP contribution in [0.2, 0.25) is 0 Å². The Morgan fingerprint density at radius 1 is 1.29 bits per heavy atom. The minimum atomic E-state index is -0.123. The number of nitrogens with one attached hydrogen (secondary N) is 1. The maximum absolute atomic E-state index is 12.1. The number of hydrogen-bond donors (Lipinski definition) is 1. The van der Waals surface area contributed by atoms with E-state index in [2.05, 4.69) is 27.3 Å². The first-order valence-electron chi connectivity index (χ1n) is 7.95. The molecule has 1 atom stereocenters. The third-order valence-electron chi connectivity index (χ3n) is 3.55. The summed E-state index contributed by atoms with van der Waals surface area (Å²) < 4.78 is 5.32. The molecule has 0 aliphatic carbocycles. The predicted molar refractivity (Wildman–Crippen MR) is 92.3 cm³/mol. The van der Waals surface area contributed by atoms with Crippen LogP contribution in [0, 0.1) is 5.92 Å². The van der Waals surface area contributed by atoms with Crippen LogP contribution in [0.5, 0.6) is 0 Å². The van der Waals surface area contributed by atoms with Crippen molar-refractivity contribution in [3.05, 3.63) is 36.4 Å². The number of carbonyl (C=O) groups is 1. The predicted octanol–water partition coefficient (Wildman–Crippen LogP) is 2.08. The molecule has 0 spiro atoms. The van der Waals surface area contributed by atoms with Crippen molar-refractivity contribution in [2.75, 3.05) is 34.2 Å². The molecule has 0 bridgehead atoms. The Bertz CT molecular complexity index is 641. The summed E-state index contributed by atoms with van der Waals surface area (Å²) in [6.45, 7) is 4.05. The SMILES string of the molecule is CC(CNC(=O)N(C)Cc1cc(-c2ccncc2)no1)CN(C)C. The molecule has 2 aromatic rings. The lowest BCUT2D eigenvalue weighted by Crippen LogP contribution is -2.40. The summed E-state index contributed by atoms with van der Waals surface area (Å²) in [5.74, 6) is 1.03. The molecule has 24 heavy (non-hydrogen) atoms. The van der Waals surface area contributed by atoms with Crippen LogP contribution in [0.15, 0.2) is 35.1 Å². The third-order valence-corrected chi connectivity index (χ3v) is 3.55. The van der Waals surface area contributed by atoms with Crippen molar-refractivity contribution in [2.45, 2.75) is 13.5 Å². The lowest BCUT2D eigenvalue weighted by molar-refractivity contribution is 0.198. The summed E-state index contributed by atoms with van der Waals surface area (Å²) in [4.78, 5) is 19.8. The van der Waals surface area contributed by atoms with E-state index in [0.29, 0.717) is 24.8 Å². The van der Waals surface area contributed by atoms with E-state index in [4.69, 9.17) is 4.52 Å². The van der Waals surface area contributed by atoms with Crippen molar-refractivity contribution in [1.82, 2.24) is 25.3 Å². The van der Waals surface area contributed by atoms with Gasteiger partial charge in [0.25, 0.3) is 0 Å². The van der Waals surface area contributed by atoms with Crippen LogP contribution in [0.3, 0.4) is 0 Å². The van der Waals surface area contributed by atoms with Gasteiger partial charge in [0.05, 0.1) is 6.54 Å². The summed E-state index contributed by atoms with van der Waals surface area (Å²) in [6.07, 6.45) is 3.41. The summed E-state index contributed by atoms with van der Waals surface area (Å²) in [5.41, 5.74) is 1.67. The molecular formula is C17H25N5O2. The average Bonchev–Trinajstić information content (AvgIpc) is 3.01. The van der Waals surface area contributed by atoms with Gasteiger partial charge in [0.15, 0.2) is 5.76 Å². The van der Waals surface area contributed by atoms with Crippen molar-refractivity contribution in [3.8, 4) is 11.3 Å². The van der Waals surface area contributed by atoms with Crippen LogP contribution in [0.4, 0.5) is 4.79 Å². The Morgan fingerprint density at radius 2 is 2.00 bits per heavy atom. The Labute approximate surface area is 142 Å². The van der Waals surface area contributed by atoms with Gasteiger partial charge in [0.2, 0.25) is 0 Å². The molecule has 0 saturated carbocycles. The maximum Gasteiger partial charge on any atom is 0.317 e. The molecule has 7 nitrogen and oxygen atoms in total. The van der Waals surface area contributed by atoms with Gasteiger partial charge in [-0.2, -0.15) is 0 Å². The van der Waals surface area contributed by atoms with E-state index in [9.17, 15) is 4.79 Å². The molecule has 2 aromatic heterocycles. The van der Waals surface area contributed by atoms with Crippen LogP contribution < -0.4 is 5.32 Å². The number of urea groups is 1. The van der Waals surface area contributed by atoms with Gasteiger partial charge in [0.1, 0.15) is 5.69 Å². The Balaban J connectivity index is 1.85. The molecule has 2 amide bonds. The van der Waals surface area contributed by atoms with Gasteiger partial charge in [0, 0.05) is 44.2 Å². The van der Waals surface area contributed by atoms with Crippen LogP contribution >= 0.6 is 0 Å². The number of pyridine rings is 1. The smallest absolute Gasteiger partial charge is 0.317 e. The number of carbonyl (C=O) groups excluding carboxylic acids is 1. The molecule has 0 aromatic carbocycles. The quantitative estimate of drug-likeness (QED) is 0.841. The molecule has 130 valence electrons. The van der Waals surface area contributed by atoms with Crippen LogP contribution in [0.1, 0.15) is 12.7 Å². The molecular weight excluding hydrogens is 306 g/mol. The van der Waals surface area contributed by atoms with E-state index in [1.165, 1.54) is 0 Å². The maximum atomic E-state index is 12.1. The van der Waals surface area contributed by atoms with Crippen LogP contribution in [0.25, 0.3) is 11.3 Å². The van der Waals surface area contributed by atoms with Gasteiger partial charge in [-0.1, -0.05) is 12.1 Å². The second-order valence-corrected chi connectivity index (χ2v) is 6.32. The minimum absolute atomic E-state index is 0.123. The Hall–Kier alpha value is -2.41. The van der Waals surface area contributed by atoms with Crippen molar-refractivity contribution in [2.24, 2.45) is 5.92 Å². The monoisotopic (exact) mass is 331 g/mol. The van der Waals surface area contributed by atoms with Gasteiger partial charge in [-0.15, -0.1) is 0 Å². The van der Waals surface area contributed by atoms with Crippen molar-refractivity contribution >= 4 is 6.03 Å². The van der Waals surface area contributed by atoms with Crippen molar-refractivity contribution < 1.29 is 9.32 Å². The van der Waals surface area contributed by atoms with Gasteiger partial charge in [-0.3, -0.25) is 4.98 Å². The molecule has 0 saturated heterocycles. The second kappa shape index (κ2) is 8.44. The fourth-order valence-corrected chi connectivity index (χ4v) is 2.44. The van der Waals surface area contributed by atoms with E-state index >= 15 is 0 Å². The number of amides is 2. The zero-order chi connectivity index (χ0) is 17.5. The molecule has 2 rings (SSSR count). The fraction of sp³-hybridized carbons (Fsp3) is 0.471. The number of hydrogen-bond acceptors (Lipinski definition) is 5. The van der Waals surface area contributed by atoms with Gasteiger partial charge >= 0.3 is 6.03 Å². The molecule has 0 aliphatic rings. The van der Waals surface area contributed by atoms with Gasteiger partial charge in [-0.25, -0.2) is 4.79 Å². The van der Waals surface area contributed by atoms with Crippen molar-refractivity contribution in [1.29, 1.82) is 0 Å². The highest BCUT2D eigenvalue weighted by Crippen LogP contribution is 2.18. The van der Waals surface area contributed by atoms with E-state index in [1.54, 1.807) is 24.3 Å². The average molecular weight is 331 g/mol. The zero-order valence-corrected chi connectivity index (χ0v) is 14.7. The largest absolute Gasteiger partial charge is 0.359 e. The Kier molecular flexibility index (Phi) is 6.31. The lowest BCUT2D eigenvalue weighted by atomic mass is 10.2. The first kappa shape index (κ1) is 17.9. The first-order chi connectivity index (χ1) is 11.5. The highest BCUT2D eigenvalue weighted by molar-refractivity contribution is 5.73. The van der Waals surface area contributed by atoms with Crippen molar-refractivity contribution in [3.63, 3.8) is 0 Å². The van der Waals surface area contributed by atoms with Gasteiger partial charge < -0.3 is 19.6 Å². The summed E-state index contributed by atoms with van der Waals surface area (Å²) in [5, 5.41) is 6.98. The summed E-state index contributed by atoms with van der Waals surface area (Å²) in [6, 6.07) is 5.45. The Morgan fingerprint density at radius 3 is 2.67 bits per heavy atom. The van der Waals surface area contributed by atoms with E-state index in [-0.39, 0.29) is 6.03 Å². The molecule has 0 radical (unpaired) electrons. The highest BCUT2D eigenvalue weighted by Gasteiger charge is 2.14. The second-order valence-electron chi connectivity index (χ2n) is 6.32. The van der Waals surface area contributed by atoms with E-state index < -0.39 is 0 Å². The molecule has 7 heteroatoms. The number of rotatable bonds is 7. The normalized spacial score (nSPS) is 12.2. The topological polar surface area (TPSA) is 74.5 Å². The number of nitrogens with zero attached hydrogens (tertiary/aromatic N) is 4. The molecule has 0 aliphatic heterocycles. The summed E-state index contributed by atoms with van der Waals surface area (Å²) in [7, 11) is 5.78. The lowest BCUT2D eigenvalue weighted by Gasteiger charge is -2.20. The first-order valence-corrected chi connectivity index (χ1v) is 7.95. The number of aromatic nitrogens is 2. The van der Waals surface area contributed by atoms with Crippen LogP contribution in [-0.2, 0) is 6.54 Å². The summed E-state index contributed by atoms with van der Waals surface area (Å²) >= 11 is 0. The highest BCUT2D eigenvalue weighted by atomic mass is 16.5. The van der Waals surface area contributed by atoms with E-state index in [0.717, 1.165) is 17.8 Å². The molecule has 0 fully saturated rings. The van der Waals surface area contributed by atoms with E-state index in [1.807, 2.05) is 32.3 Å². The molecule has 1 N–H and O–H groups in total. The zero-order valence-electron chi connectivity index (χ0n) is 14.7.